The van der Waals surface area contributed by atoms with Crippen LogP contribution in [-0.2, 0) is 9.53 Å². The van der Waals surface area contributed by atoms with Gasteiger partial charge in [-0.15, -0.1) is 11.3 Å². The Labute approximate surface area is 154 Å². The lowest BCUT2D eigenvalue weighted by Gasteiger charge is -2.06. The number of carbonyl (C=O) groups is 2. The van der Waals surface area contributed by atoms with E-state index in [0.717, 1.165) is 16.9 Å². The average molecular weight is 367 g/mol. The molecule has 1 aromatic carbocycles. The first kappa shape index (κ1) is 17.7. The Balaban J connectivity index is 1.85. The summed E-state index contributed by atoms with van der Waals surface area (Å²) >= 11 is 1.28. The molecule has 0 fully saturated rings. The van der Waals surface area contributed by atoms with Gasteiger partial charge in [-0.3, -0.25) is 4.79 Å². The SMILES string of the molecule is COC(=O)c1c(-c2ccccc2)csc1NC(=O)/C=C/c1ccc(C)o1. The van der Waals surface area contributed by atoms with Crippen molar-refractivity contribution in [1.29, 1.82) is 0 Å². The van der Waals surface area contributed by atoms with Gasteiger partial charge in [0, 0.05) is 17.0 Å². The van der Waals surface area contributed by atoms with Crippen molar-refractivity contribution < 1.29 is 18.7 Å². The maximum Gasteiger partial charge on any atom is 0.341 e. The summed E-state index contributed by atoms with van der Waals surface area (Å²) in [7, 11) is 1.32. The highest BCUT2D eigenvalue weighted by molar-refractivity contribution is 7.15. The molecule has 132 valence electrons. The van der Waals surface area contributed by atoms with Gasteiger partial charge in [0.05, 0.1) is 7.11 Å². The zero-order chi connectivity index (χ0) is 18.5. The molecule has 2 heterocycles. The van der Waals surface area contributed by atoms with Crippen molar-refractivity contribution in [3.8, 4) is 11.1 Å². The quantitative estimate of drug-likeness (QED) is 0.522. The molecule has 1 N–H and O–H groups in total. The second kappa shape index (κ2) is 7.84. The van der Waals surface area contributed by atoms with Crippen molar-refractivity contribution >= 4 is 34.3 Å². The second-order valence-electron chi connectivity index (χ2n) is 5.48. The third-order valence-corrected chi connectivity index (χ3v) is 4.56. The van der Waals surface area contributed by atoms with Crippen LogP contribution in [0.2, 0.25) is 0 Å². The molecular weight excluding hydrogens is 350 g/mol. The number of furan rings is 1. The van der Waals surface area contributed by atoms with Gasteiger partial charge >= 0.3 is 5.97 Å². The second-order valence-corrected chi connectivity index (χ2v) is 6.36. The van der Waals surface area contributed by atoms with Crippen LogP contribution in [0.3, 0.4) is 0 Å². The van der Waals surface area contributed by atoms with Crippen molar-refractivity contribution in [2.24, 2.45) is 0 Å². The Kier molecular flexibility index (Phi) is 5.34. The Hall–Kier alpha value is -3.12. The minimum atomic E-state index is -0.494. The van der Waals surface area contributed by atoms with E-state index >= 15 is 0 Å². The third kappa shape index (κ3) is 3.92. The maximum atomic E-state index is 12.3. The predicted molar refractivity (Wildman–Crippen MR) is 102 cm³/mol. The third-order valence-electron chi connectivity index (χ3n) is 3.66. The number of nitrogens with one attached hydrogen (secondary N) is 1. The fraction of sp³-hybridized carbons (Fsp3) is 0.100. The summed E-state index contributed by atoms with van der Waals surface area (Å²) in [5, 5.41) is 5.02. The zero-order valence-electron chi connectivity index (χ0n) is 14.3. The van der Waals surface area contributed by atoms with E-state index in [2.05, 4.69) is 5.32 Å². The van der Waals surface area contributed by atoms with E-state index in [1.807, 2.05) is 48.7 Å². The molecule has 0 spiro atoms. The number of hydrogen-bond acceptors (Lipinski definition) is 5. The normalized spacial score (nSPS) is 10.8. The molecule has 0 saturated carbocycles. The Morgan fingerprint density at radius 2 is 1.92 bits per heavy atom. The van der Waals surface area contributed by atoms with Crippen molar-refractivity contribution in [1.82, 2.24) is 0 Å². The van der Waals surface area contributed by atoms with Crippen molar-refractivity contribution in [2.45, 2.75) is 6.92 Å². The van der Waals surface area contributed by atoms with Gasteiger partial charge in [0.2, 0.25) is 5.91 Å². The molecule has 3 aromatic rings. The molecule has 0 bridgehead atoms. The molecule has 5 nitrogen and oxygen atoms in total. The first-order valence-corrected chi connectivity index (χ1v) is 8.77. The Morgan fingerprint density at radius 3 is 2.58 bits per heavy atom. The van der Waals surface area contributed by atoms with Crippen LogP contribution >= 0.6 is 11.3 Å². The number of benzene rings is 1. The van der Waals surface area contributed by atoms with Gasteiger partial charge in [0.1, 0.15) is 22.1 Å². The van der Waals surface area contributed by atoms with Gasteiger partial charge in [0.15, 0.2) is 0 Å². The summed E-state index contributed by atoms with van der Waals surface area (Å²) in [6.45, 7) is 1.83. The number of rotatable bonds is 5. The fourth-order valence-corrected chi connectivity index (χ4v) is 3.40. The fourth-order valence-electron chi connectivity index (χ4n) is 2.44. The number of hydrogen-bond donors (Lipinski definition) is 1. The number of aryl methyl sites for hydroxylation is 1. The highest BCUT2D eigenvalue weighted by atomic mass is 32.1. The molecule has 1 amide bonds. The van der Waals surface area contributed by atoms with Crippen LogP contribution in [0.15, 0.2) is 58.3 Å². The molecule has 6 heteroatoms. The van der Waals surface area contributed by atoms with E-state index in [9.17, 15) is 9.59 Å². The Bertz CT molecular complexity index is 953. The number of carbonyl (C=O) groups excluding carboxylic acids is 2. The number of amides is 1. The molecule has 26 heavy (non-hydrogen) atoms. The topological polar surface area (TPSA) is 68.5 Å². The first-order valence-electron chi connectivity index (χ1n) is 7.89. The number of methoxy groups -OCH3 is 1. The number of thiophene rings is 1. The largest absolute Gasteiger partial charge is 0.465 e. The molecule has 0 unspecified atom stereocenters. The van der Waals surface area contributed by atoms with Crippen LogP contribution in [0, 0.1) is 6.92 Å². The van der Waals surface area contributed by atoms with Crippen LogP contribution in [0.25, 0.3) is 17.2 Å². The molecule has 0 aliphatic heterocycles. The Morgan fingerprint density at radius 1 is 1.15 bits per heavy atom. The minimum absolute atomic E-state index is 0.347. The smallest absolute Gasteiger partial charge is 0.341 e. The van der Waals surface area contributed by atoms with Crippen molar-refractivity contribution in [3.05, 3.63) is 71.0 Å². The van der Waals surface area contributed by atoms with E-state index < -0.39 is 5.97 Å². The van der Waals surface area contributed by atoms with Crippen LogP contribution in [-0.4, -0.2) is 19.0 Å². The van der Waals surface area contributed by atoms with Gasteiger partial charge in [-0.1, -0.05) is 30.3 Å². The lowest BCUT2D eigenvalue weighted by atomic mass is 10.0. The van der Waals surface area contributed by atoms with E-state index in [1.54, 1.807) is 12.1 Å². The van der Waals surface area contributed by atoms with Crippen LogP contribution < -0.4 is 5.32 Å². The van der Waals surface area contributed by atoms with E-state index in [4.69, 9.17) is 9.15 Å². The van der Waals surface area contributed by atoms with Gasteiger partial charge in [-0.2, -0.15) is 0 Å². The number of esters is 1. The van der Waals surface area contributed by atoms with Crippen LogP contribution in [0.1, 0.15) is 21.9 Å². The van der Waals surface area contributed by atoms with Gasteiger partial charge in [0.25, 0.3) is 0 Å². The molecule has 0 aliphatic rings. The van der Waals surface area contributed by atoms with Crippen LogP contribution in [0.5, 0.6) is 0 Å². The minimum Gasteiger partial charge on any atom is -0.465 e. The summed E-state index contributed by atoms with van der Waals surface area (Å²) in [4.78, 5) is 24.5. The maximum absolute atomic E-state index is 12.3. The average Bonchev–Trinajstić information content (AvgIpc) is 3.26. The van der Waals surface area contributed by atoms with Gasteiger partial charge < -0.3 is 14.5 Å². The standard InChI is InChI=1S/C20H17NO4S/c1-13-8-9-15(25-13)10-11-17(22)21-19-18(20(23)24-2)16(12-26-19)14-6-4-3-5-7-14/h3-12H,1-2H3,(H,21,22)/b11-10+. The molecule has 0 atom stereocenters. The molecule has 0 saturated heterocycles. The predicted octanol–water partition coefficient (Wildman–Crippen LogP) is 4.76. The summed E-state index contributed by atoms with van der Waals surface area (Å²) in [6.07, 6.45) is 2.94. The van der Waals surface area contributed by atoms with E-state index in [0.29, 0.717) is 16.3 Å². The highest BCUT2D eigenvalue weighted by Gasteiger charge is 2.21. The number of ether oxygens (including phenoxy) is 1. The lowest BCUT2D eigenvalue weighted by molar-refractivity contribution is -0.111. The van der Waals surface area contributed by atoms with Crippen molar-refractivity contribution in [2.75, 3.05) is 12.4 Å². The molecular formula is C20H17NO4S. The summed E-state index contributed by atoms with van der Waals surface area (Å²) in [6, 6.07) is 13.1. The van der Waals surface area contributed by atoms with E-state index in [-0.39, 0.29) is 5.91 Å². The molecule has 2 aromatic heterocycles. The van der Waals surface area contributed by atoms with E-state index in [1.165, 1.54) is 24.5 Å². The monoisotopic (exact) mass is 367 g/mol. The first-order chi connectivity index (χ1) is 12.6. The molecule has 0 aliphatic carbocycles. The van der Waals surface area contributed by atoms with Gasteiger partial charge in [-0.05, 0) is 30.7 Å². The van der Waals surface area contributed by atoms with Gasteiger partial charge in [-0.25, -0.2) is 4.79 Å². The zero-order valence-corrected chi connectivity index (χ0v) is 15.1. The molecule has 3 rings (SSSR count). The number of anilines is 1. The van der Waals surface area contributed by atoms with Crippen molar-refractivity contribution in [3.63, 3.8) is 0 Å². The summed E-state index contributed by atoms with van der Waals surface area (Å²) in [5.41, 5.74) is 1.95. The van der Waals surface area contributed by atoms with Crippen LogP contribution in [0.4, 0.5) is 5.00 Å². The highest BCUT2D eigenvalue weighted by Crippen LogP contribution is 2.36. The summed E-state index contributed by atoms with van der Waals surface area (Å²) in [5.74, 6) is 0.502. The lowest BCUT2D eigenvalue weighted by Crippen LogP contribution is -2.11. The molecule has 0 radical (unpaired) electrons. The summed E-state index contributed by atoms with van der Waals surface area (Å²) < 4.78 is 10.3.